The maximum absolute atomic E-state index is 12.7. The highest BCUT2D eigenvalue weighted by Crippen LogP contribution is 2.61. The summed E-state index contributed by atoms with van der Waals surface area (Å²) in [6, 6.07) is 0. The van der Waals surface area contributed by atoms with Gasteiger partial charge < -0.3 is 50.9 Å². The lowest BCUT2D eigenvalue weighted by Gasteiger charge is -2.30. The van der Waals surface area contributed by atoms with E-state index < -0.39 is 84.6 Å². The summed E-state index contributed by atoms with van der Waals surface area (Å²) in [7, 11) is -16.4. The number of phosphoric ester groups is 3. The van der Waals surface area contributed by atoms with Crippen molar-refractivity contribution in [3.63, 3.8) is 0 Å². The average molecular weight is 918 g/mol. The number of nitrogens with zero attached hydrogens (tertiary/aromatic N) is 4. The van der Waals surface area contributed by atoms with Gasteiger partial charge in [0.15, 0.2) is 17.7 Å². The van der Waals surface area contributed by atoms with Crippen LogP contribution < -0.4 is 16.4 Å². The van der Waals surface area contributed by atoms with Crippen molar-refractivity contribution in [2.75, 3.05) is 37.8 Å². The second-order valence-electron chi connectivity index (χ2n) is 14.1. The van der Waals surface area contributed by atoms with Crippen LogP contribution in [0.5, 0.6) is 0 Å². The Hall–Kier alpha value is -2.96. The summed E-state index contributed by atoms with van der Waals surface area (Å²) in [6.45, 7) is 10.1. The number of anilines is 1. The minimum atomic E-state index is -5.58. The Morgan fingerprint density at radius 2 is 1.75 bits per heavy atom. The van der Waals surface area contributed by atoms with E-state index in [1.165, 1.54) is 13.8 Å². The first-order valence-electron chi connectivity index (χ1n) is 17.6. The second kappa shape index (κ2) is 21.2. The van der Waals surface area contributed by atoms with Gasteiger partial charge in [-0.25, -0.2) is 28.6 Å². The van der Waals surface area contributed by atoms with Gasteiger partial charge >= 0.3 is 23.5 Å². The molecular weight excluding hydrogens is 867 g/mol. The Kier molecular flexibility index (Phi) is 18.1. The molecule has 0 aliphatic carbocycles. The maximum atomic E-state index is 12.7. The van der Waals surface area contributed by atoms with Crippen molar-refractivity contribution in [2.24, 2.45) is 11.3 Å². The number of ether oxygens (including phenoxy) is 1. The minimum Gasteiger partial charge on any atom is -0.386 e. The molecule has 10 N–H and O–H groups in total. The monoisotopic (exact) mass is 917 g/mol. The number of allylic oxidation sites excluding steroid dienone is 2. The Bertz CT molecular complexity index is 2010. The summed E-state index contributed by atoms with van der Waals surface area (Å²) in [5.74, 6) is -0.868. The van der Waals surface area contributed by atoms with E-state index in [0.717, 1.165) is 34.6 Å². The van der Waals surface area contributed by atoms with Crippen molar-refractivity contribution >= 4 is 69.1 Å². The molecule has 1 saturated heterocycles. The van der Waals surface area contributed by atoms with Gasteiger partial charge in [-0.1, -0.05) is 57.7 Å². The Morgan fingerprint density at radius 3 is 2.39 bits per heavy atom. The number of carbonyl (C=O) groups excluding carboxylic acids is 3. The number of nitrogens with one attached hydrogen (secondary N) is 2. The molecule has 0 spiro atoms. The van der Waals surface area contributed by atoms with E-state index in [2.05, 4.69) is 41.0 Å². The largest absolute Gasteiger partial charge is 0.481 e. The highest BCUT2D eigenvalue weighted by molar-refractivity contribution is 8.14. The van der Waals surface area contributed by atoms with Crippen molar-refractivity contribution < 1.29 is 80.5 Å². The average Bonchev–Trinajstić information content (AvgIpc) is 3.69. The number of rotatable bonds is 23. The zero-order valence-corrected chi connectivity index (χ0v) is 36.1. The van der Waals surface area contributed by atoms with Crippen LogP contribution in [0.3, 0.4) is 0 Å². The highest BCUT2D eigenvalue weighted by Gasteiger charge is 2.50. The molecule has 2 amide bonds. The second-order valence-corrected chi connectivity index (χ2v) is 19.4. The number of nitrogens with two attached hydrogens (primary N) is 1. The van der Waals surface area contributed by atoms with Gasteiger partial charge in [-0.2, -0.15) is 4.31 Å². The smallest absolute Gasteiger partial charge is 0.386 e. The van der Waals surface area contributed by atoms with E-state index in [9.17, 15) is 57.9 Å². The van der Waals surface area contributed by atoms with Crippen LogP contribution in [-0.4, -0.2) is 123 Å². The number of phosphoric acid groups is 3. The van der Waals surface area contributed by atoms with Crippen LogP contribution in [0.15, 0.2) is 36.5 Å². The summed E-state index contributed by atoms with van der Waals surface area (Å²) < 4.78 is 62.2. The van der Waals surface area contributed by atoms with Crippen molar-refractivity contribution in [3.8, 4) is 0 Å². The zero-order chi connectivity index (χ0) is 44.5. The molecule has 28 heteroatoms. The zero-order valence-electron chi connectivity index (χ0n) is 32.6. The van der Waals surface area contributed by atoms with Gasteiger partial charge in [-0.15, -0.1) is 0 Å². The molecule has 3 rings (SSSR count). The van der Waals surface area contributed by atoms with E-state index in [1.54, 1.807) is 6.92 Å². The van der Waals surface area contributed by atoms with Crippen LogP contribution in [0.4, 0.5) is 5.82 Å². The third kappa shape index (κ3) is 15.5. The van der Waals surface area contributed by atoms with Crippen molar-refractivity contribution in [1.29, 1.82) is 0 Å². The summed E-state index contributed by atoms with van der Waals surface area (Å²) in [5.41, 5.74) is 5.84. The lowest BCUT2D eigenvalue weighted by atomic mass is 9.87. The number of thioether (sulfide) groups is 1. The number of aliphatic hydroxyl groups is 2. The lowest BCUT2D eigenvalue weighted by molar-refractivity contribution is -0.137. The van der Waals surface area contributed by atoms with Gasteiger partial charge in [0, 0.05) is 30.7 Å². The first kappa shape index (κ1) is 50.4. The maximum Gasteiger partial charge on any atom is 0.481 e. The van der Waals surface area contributed by atoms with Gasteiger partial charge in [0.05, 0.1) is 19.5 Å². The molecule has 24 nitrogen and oxygen atoms in total. The fraction of sp³-hybridized carbons (Fsp3) is 0.613. The molecule has 7 atom stereocenters. The number of imidazole rings is 1. The molecule has 2 aromatic rings. The topological polar surface area (TPSA) is 364 Å². The predicted octanol–water partition coefficient (Wildman–Crippen LogP) is 1.21. The summed E-state index contributed by atoms with van der Waals surface area (Å²) >= 11 is 1.04. The molecule has 1 aliphatic heterocycles. The third-order valence-electron chi connectivity index (χ3n) is 8.54. The molecule has 0 radical (unpaired) electrons. The molecule has 3 heterocycles. The number of aliphatic hydroxyl groups excluding tert-OH is 2. The molecule has 0 aromatic carbocycles. The van der Waals surface area contributed by atoms with E-state index in [0.29, 0.717) is 23.7 Å². The SMILES string of the molecule is C=C(C/C=C(/C)C(=O)SCCNC(=O)CCNC(=O)C(O)C(C)(C)COP(=O)(O)OP(=O)(O)OCC1OC(n2cnc3c(N)ncnc32)C(O)C1OP(=O)(O)O)C(C)C. The fourth-order valence-electron chi connectivity index (χ4n) is 4.99. The van der Waals surface area contributed by atoms with E-state index in [4.69, 9.17) is 19.5 Å². The summed E-state index contributed by atoms with van der Waals surface area (Å²) in [5, 5.41) is 26.3. The number of fused-ring (bicyclic) bond motifs is 1. The Labute approximate surface area is 342 Å². The molecule has 7 unspecified atom stereocenters. The summed E-state index contributed by atoms with van der Waals surface area (Å²) in [4.78, 5) is 88.1. The number of carbonyl (C=O) groups is 3. The number of hydrogen-bond acceptors (Lipinski definition) is 18. The standard InChI is InChI=1S/C31H50N7O17P3S/c1-17(2)18(3)7-8-19(4)30(43)59-12-11-33-21(39)9-10-34-28(42)25(41)31(5,6)14-52-58(49,50)55-57(47,48)51-13-20-24(54-56(44,45)46)23(40)29(53-20)38-16-37-22-26(32)35-15-36-27(22)38/h8,15-17,20,23-25,29,40-41H,3,7,9-14H2,1-2,4-6H3,(H,33,39)(H,34,42)(H,47,48)(H,49,50)(H2,32,35,36)(H2,44,45,46)/b19-8-. The molecule has 2 aromatic heterocycles. The lowest BCUT2D eigenvalue weighted by Crippen LogP contribution is -2.46. The minimum absolute atomic E-state index is 0.0288. The molecule has 1 fully saturated rings. The van der Waals surface area contributed by atoms with E-state index in [-0.39, 0.29) is 41.6 Å². The van der Waals surface area contributed by atoms with Crippen LogP contribution >= 0.6 is 35.2 Å². The van der Waals surface area contributed by atoms with Gasteiger partial charge in [0.1, 0.15) is 36.3 Å². The number of hydrogen-bond donors (Lipinski definition) is 9. The van der Waals surface area contributed by atoms with Crippen LogP contribution in [0.1, 0.15) is 53.7 Å². The molecule has 1 aliphatic rings. The Morgan fingerprint density at radius 1 is 1.08 bits per heavy atom. The first-order valence-corrected chi connectivity index (χ1v) is 23.1. The predicted molar refractivity (Wildman–Crippen MR) is 209 cm³/mol. The number of amides is 2. The van der Waals surface area contributed by atoms with Gasteiger partial charge in [0.2, 0.25) is 16.9 Å². The number of aromatic nitrogens is 4. The Balaban J connectivity index is 1.46. The third-order valence-corrected chi connectivity index (χ3v) is 12.6. The van der Waals surface area contributed by atoms with Crippen LogP contribution in [0, 0.1) is 11.3 Å². The molecular formula is C31H50N7O17P3S. The van der Waals surface area contributed by atoms with E-state index in [1.807, 2.05) is 19.9 Å². The molecule has 0 saturated carbocycles. The van der Waals surface area contributed by atoms with Crippen LogP contribution in [0.25, 0.3) is 11.2 Å². The van der Waals surface area contributed by atoms with E-state index >= 15 is 0 Å². The summed E-state index contributed by atoms with van der Waals surface area (Å²) in [6.07, 6.45) is -4.54. The van der Waals surface area contributed by atoms with Crippen LogP contribution in [0.2, 0.25) is 0 Å². The van der Waals surface area contributed by atoms with Crippen molar-refractivity contribution in [1.82, 2.24) is 30.2 Å². The molecule has 59 heavy (non-hydrogen) atoms. The number of nitrogen functional groups attached to an aromatic ring is 1. The van der Waals surface area contributed by atoms with Gasteiger partial charge in [-0.05, 0) is 24.8 Å². The van der Waals surface area contributed by atoms with Gasteiger partial charge in [-0.3, -0.25) is 32.5 Å². The molecule has 332 valence electrons. The van der Waals surface area contributed by atoms with Gasteiger partial charge in [0.25, 0.3) is 0 Å². The normalized spacial score (nSPS) is 21.5. The van der Waals surface area contributed by atoms with Crippen molar-refractivity contribution in [3.05, 3.63) is 36.5 Å². The molecule has 0 bridgehead atoms. The first-order chi connectivity index (χ1) is 27.2. The van der Waals surface area contributed by atoms with Crippen LogP contribution in [-0.2, 0) is 50.7 Å². The quantitative estimate of drug-likeness (QED) is 0.0327. The highest BCUT2D eigenvalue weighted by atomic mass is 32.2. The van der Waals surface area contributed by atoms with Crippen molar-refractivity contribution in [2.45, 2.75) is 78.1 Å². The fourth-order valence-corrected chi connectivity index (χ4v) is 8.52.